The summed E-state index contributed by atoms with van der Waals surface area (Å²) in [6.07, 6.45) is 1.84. The number of morpholine rings is 1. The van der Waals surface area contributed by atoms with Crippen molar-refractivity contribution in [2.24, 2.45) is 0 Å². The quantitative estimate of drug-likeness (QED) is 0.543. The van der Waals surface area contributed by atoms with Gasteiger partial charge in [0.15, 0.2) is 11.5 Å². The van der Waals surface area contributed by atoms with Crippen molar-refractivity contribution in [3.63, 3.8) is 0 Å². The van der Waals surface area contributed by atoms with Crippen LogP contribution in [0.3, 0.4) is 0 Å². The molecule has 0 bridgehead atoms. The molecule has 0 aliphatic carbocycles. The molecule has 0 radical (unpaired) electrons. The number of rotatable bonds is 7. The average molecular weight is 419 g/mol. The number of nitrogens with one attached hydrogen (secondary N) is 1. The zero-order valence-electron chi connectivity index (χ0n) is 17.0. The number of thioether (sulfide) groups is 1. The minimum Gasteiger partial charge on any atom is -0.493 e. The molecule has 2 heterocycles. The molecule has 1 aliphatic heterocycles. The maximum atomic E-state index is 12.3. The van der Waals surface area contributed by atoms with E-state index < -0.39 is 0 Å². The van der Waals surface area contributed by atoms with Crippen LogP contribution in [0.15, 0.2) is 35.6 Å². The standard InChI is InChI=1S/C20H26N4O4S/c1-13-9-24(10-14(2)28-13)18-8-20(22-12-21-18)29-11-19(25)23-15-5-6-16(26-3)17(7-15)27-4/h5-8,12-14H,9-11H2,1-4H3,(H,23,25). The Morgan fingerprint density at radius 2 is 1.90 bits per heavy atom. The highest BCUT2D eigenvalue weighted by atomic mass is 32.2. The summed E-state index contributed by atoms with van der Waals surface area (Å²) >= 11 is 1.37. The molecule has 1 N–H and O–H groups in total. The summed E-state index contributed by atoms with van der Waals surface area (Å²) in [6, 6.07) is 7.17. The molecule has 156 valence electrons. The molecule has 1 amide bonds. The molecule has 9 heteroatoms. The van der Waals surface area contributed by atoms with Gasteiger partial charge in [0.25, 0.3) is 0 Å². The number of anilines is 2. The zero-order valence-corrected chi connectivity index (χ0v) is 17.9. The molecule has 1 fully saturated rings. The number of aromatic nitrogens is 2. The van der Waals surface area contributed by atoms with Crippen molar-refractivity contribution < 1.29 is 19.0 Å². The summed E-state index contributed by atoms with van der Waals surface area (Å²) in [5.41, 5.74) is 0.646. The van der Waals surface area contributed by atoms with Crippen molar-refractivity contribution in [3.05, 3.63) is 30.6 Å². The van der Waals surface area contributed by atoms with Gasteiger partial charge in [0.05, 0.1) is 32.2 Å². The van der Waals surface area contributed by atoms with Gasteiger partial charge in [-0.25, -0.2) is 9.97 Å². The van der Waals surface area contributed by atoms with Crippen LogP contribution in [0, 0.1) is 0 Å². The molecule has 0 saturated carbocycles. The van der Waals surface area contributed by atoms with E-state index in [9.17, 15) is 4.79 Å². The van der Waals surface area contributed by atoms with Crippen molar-refractivity contribution in [2.75, 3.05) is 43.3 Å². The fourth-order valence-electron chi connectivity index (χ4n) is 3.20. The van der Waals surface area contributed by atoms with E-state index in [2.05, 4.69) is 34.0 Å². The fraction of sp³-hybridized carbons (Fsp3) is 0.450. The summed E-state index contributed by atoms with van der Waals surface area (Å²) < 4.78 is 16.2. The van der Waals surface area contributed by atoms with E-state index in [-0.39, 0.29) is 23.9 Å². The van der Waals surface area contributed by atoms with Crippen LogP contribution in [0.1, 0.15) is 13.8 Å². The molecule has 29 heavy (non-hydrogen) atoms. The predicted octanol–water partition coefficient (Wildman–Crippen LogP) is 2.84. The lowest BCUT2D eigenvalue weighted by atomic mass is 10.2. The van der Waals surface area contributed by atoms with Crippen LogP contribution in [0.2, 0.25) is 0 Å². The van der Waals surface area contributed by atoms with Crippen LogP contribution in [0.5, 0.6) is 11.5 Å². The first-order valence-corrected chi connectivity index (χ1v) is 10.3. The van der Waals surface area contributed by atoms with Crippen LogP contribution in [0.4, 0.5) is 11.5 Å². The van der Waals surface area contributed by atoms with Gasteiger partial charge in [-0.2, -0.15) is 0 Å². The van der Waals surface area contributed by atoms with E-state index in [1.807, 2.05) is 6.07 Å². The molecule has 0 spiro atoms. The van der Waals surface area contributed by atoms with Gasteiger partial charge in [-0.3, -0.25) is 4.79 Å². The fourth-order valence-corrected chi connectivity index (χ4v) is 3.86. The number of benzene rings is 1. The van der Waals surface area contributed by atoms with Crippen molar-refractivity contribution in [2.45, 2.75) is 31.1 Å². The maximum Gasteiger partial charge on any atom is 0.234 e. The minimum absolute atomic E-state index is 0.129. The second-order valence-corrected chi connectivity index (χ2v) is 7.78. The van der Waals surface area contributed by atoms with Crippen LogP contribution in [-0.4, -0.2) is 61.1 Å². The van der Waals surface area contributed by atoms with Crippen LogP contribution in [0.25, 0.3) is 0 Å². The monoisotopic (exact) mass is 418 g/mol. The highest BCUT2D eigenvalue weighted by Crippen LogP contribution is 2.30. The Morgan fingerprint density at radius 3 is 2.59 bits per heavy atom. The lowest BCUT2D eigenvalue weighted by molar-refractivity contribution is -0.113. The molecule has 2 unspecified atom stereocenters. The summed E-state index contributed by atoms with van der Waals surface area (Å²) in [5, 5.41) is 3.62. The lowest BCUT2D eigenvalue weighted by Gasteiger charge is -2.36. The maximum absolute atomic E-state index is 12.3. The van der Waals surface area contributed by atoms with E-state index in [1.165, 1.54) is 18.1 Å². The van der Waals surface area contributed by atoms with Gasteiger partial charge >= 0.3 is 0 Å². The number of carbonyl (C=O) groups excluding carboxylic acids is 1. The summed E-state index contributed by atoms with van der Waals surface area (Å²) in [7, 11) is 3.13. The molecule has 1 saturated heterocycles. The average Bonchev–Trinajstić information content (AvgIpc) is 2.71. The molecular formula is C20H26N4O4S. The van der Waals surface area contributed by atoms with Crippen molar-refractivity contribution in [1.29, 1.82) is 0 Å². The lowest BCUT2D eigenvalue weighted by Crippen LogP contribution is -2.45. The molecule has 1 aliphatic rings. The highest BCUT2D eigenvalue weighted by molar-refractivity contribution is 7.99. The minimum atomic E-state index is -0.129. The third-order valence-electron chi connectivity index (χ3n) is 4.39. The van der Waals surface area contributed by atoms with Crippen LogP contribution >= 0.6 is 11.8 Å². The first-order valence-electron chi connectivity index (χ1n) is 9.35. The Morgan fingerprint density at radius 1 is 1.17 bits per heavy atom. The second kappa shape index (κ2) is 9.80. The van der Waals surface area contributed by atoms with E-state index in [0.717, 1.165) is 23.9 Å². The van der Waals surface area contributed by atoms with Gasteiger partial charge < -0.3 is 24.4 Å². The van der Waals surface area contributed by atoms with Gasteiger partial charge in [-0.05, 0) is 26.0 Å². The van der Waals surface area contributed by atoms with E-state index in [4.69, 9.17) is 14.2 Å². The molecule has 1 aromatic heterocycles. The predicted molar refractivity (Wildman–Crippen MR) is 113 cm³/mol. The van der Waals surface area contributed by atoms with Gasteiger partial charge in [-0.1, -0.05) is 11.8 Å². The van der Waals surface area contributed by atoms with Crippen molar-refractivity contribution >= 4 is 29.2 Å². The van der Waals surface area contributed by atoms with Crippen molar-refractivity contribution in [3.8, 4) is 11.5 Å². The Bertz CT molecular complexity index is 841. The first-order chi connectivity index (χ1) is 14.0. The van der Waals surface area contributed by atoms with Gasteiger partial charge in [0, 0.05) is 30.9 Å². The number of nitrogens with zero attached hydrogens (tertiary/aromatic N) is 3. The van der Waals surface area contributed by atoms with Gasteiger partial charge in [0.1, 0.15) is 17.2 Å². The van der Waals surface area contributed by atoms with E-state index in [1.54, 1.807) is 32.4 Å². The molecule has 2 atom stereocenters. The summed E-state index contributed by atoms with van der Waals surface area (Å²) in [6.45, 7) is 5.67. The number of hydrogen-bond acceptors (Lipinski definition) is 8. The number of methoxy groups -OCH3 is 2. The molecule has 2 aromatic rings. The molecule has 1 aromatic carbocycles. The number of ether oxygens (including phenoxy) is 3. The SMILES string of the molecule is COc1ccc(NC(=O)CSc2cc(N3CC(C)OC(C)C3)ncn2)cc1OC. The van der Waals surface area contributed by atoms with E-state index >= 15 is 0 Å². The molecule has 8 nitrogen and oxygen atoms in total. The topological polar surface area (TPSA) is 85.8 Å². The zero-order chi connectivity index (χ0) is 20.8. The molecular weight excluding hydrogens is 392 g/mol. The third kappa shape index (κ3) is 5.74. The van der Waals surface area contributed by atoms with Crippen LogP contribution in [-0.2, 0) is 9.53 Å². The largest absolute Gasteiger partial charge is 0.493 e. The van der Waals surface area contributed by atoms with Gasteiger partial charge in [-0.15, -0.1) is 0 Å². The smallest absolute Gasteiger partial charge is 0.234 e. The van der Waals surface area contributed by atoms with Crippen molar-refractivity contribution in [1.82, 2.24) is 9.97 Å². The molecule has 3 rings (SSSR count). The van der Waals surface area contributed by atoms with Gasteiger partial charge in [0.2, 0.25) is 5.91 Å². The van der Waals surface area contributed by atoms with E-state index in [0.29, 0.717) is 17.2 Å². The number of amides is 1. The second-order valence-electron chi connectivity index (χ2n) is 6.78. The number of hydrogen-bond donors (Lipinski definition) is 1. The third-order valence-corrected chi connectivity index (χ3v) is 5.32. The summed E-state index contributed by atoms with van der Waals surface area (Å²) in [4.78, 5) is 23.2. The first kappa shape index (κ1) is 21.2. The Labute approximate surface area is 175 Å². The Hall–Kier alpha value is -2.52. The summed E-state index contributed by atoms with van der Waals surface area (Å²) in [5.74, 6) is 2.13. The Balaban J connectivity index is 1.58. The van der Waals surface area contributed by atoms with Crippen LogP contribution < -0.4 is 19.7 Å². The highest BCUT2D eigenvalue weighted by Gasteiger charge is 2.23. The Kier molecular flexibility index (Phi) is 7.16. The normalized spacial score (nSPS) is 19.0. The number of carbonyl (C=O) groups is 1.